The number of carboxylic acids is 1. The molecule has 0 saturated heterocycles. The molecule has 0 saturated carbocycles. The number of carbonyl (C=O) groups is 1. The predicted octanol–water partition coefficient (Wildman–Crippen LogP) is 3.66. The molecule has 3 rings (SSSR count). The lowest BCUT2D eigenvalue weighted by molar-refractivity contribution is -0.140. The van der Waals surface area contributed by atoms with E-state index in [1.165, 1.54) is 0 Å². The maximum Gasteiger partial charge on any atom is 0.328 e. The molecular weight excluding hydrogens is 264 g/mol. The topological polar surface area (TPSA) is 55.1 Å². The fourth-order valence-electron chi connectivity index (χ4n) is 2.46. The Morgan fingerprint density at radius 3 is 2.57 bits per heavy atom. The Kier molecular flexibility index (Phi) is 3.22. The molecule has 0 fully saturated rings. The number of nitrogens with zero attached hydrogens (tertiary/aromatic N) is 2. The third-order valence-electron chi connectivity index (χ3n) is 3.63. The first kappa shape index (κ1) is 13.4. The number of aliphatic carboxylic acids is 1. The molecular formula is C17H16N2O2. The normalized spacial score (nSPS) is 12.5. The van der Waals surface area contributed by atoms with Crippen LogP contribution in [0.15, 0.2) is 48.5 Å². The van der Waals surface area contributed by atoms with E-state index in [-0.39, 0.29) is 0 Å². The summed E-state index contributed by atoms with van der Waals surface area (Å²) in [5.74, 6) is -0.889. The molecule has 0 spiro atoms. The summed E-state index contributed by atoms with van der Waals surface area (Å²) in [5.41, 5.74) is 3.78. The molecule has 0 aliphatic carbocycles. The minimum atomic E-state index is -0.889. The lowest BCUT2D eigenvalue weighted by atomic mass is 10.1. The van der Waals surface area contributed by atoms with Gasteiger partial charge >= 0.3 is 5.97 Å². The zero-order chi connectivity index (χ0) is 15.0. The number of aromatic nitrogens is 2. The molecule has 1 aromatic heterocycles. The summed E-state index contributed by atoms with van der Waals surface area (Å²) in [6.07, 6.45) is 0. The molecule has 3 aromatic rings. The van der Waals surface area contributed by atoms with Gasteiger partial charge in [0.15, 0.2) is 0 Å². The standard InChI is InChI=1S/C17H16N2O2/c1-11-8-9-15-14(10-11)16(13-6-4-3-5-7-13)18-19(15)12(2)17(20)21/h3-10,12H,1-2H3,(H,20,21). The summed E-state index contributed by atoms with van der Waals surface area (Å²) in [7, 11) is 0. The van der Waals surface area contributed by atoms with Crippen molar-refractivity contribution >= 4 is 16.9 Å². The molecule has 0 aliphatic rings. The molecule has 1 N–H and O–H groups in total. The molecule has 0 radical (unpaired) electrons. The van der Waals surface area contributed by atoms with Crippen molar-refractivity contribution in [3.05, 3.63) is 54.1 Å². The zero-order valence-electron chi connectivity index (χ0n) is 11.9. The van der Waals surface area contributed by atoms with Gasteiger partial charge < -0.3 is 5.11 Å². The Labute approximate surface area is 122 Å². The number of hydrogen-bond donors (Lipinski definition) is 1. The second-order valence-corrected chi connectivity index (χ2v) is 5.19. The predicted molar refractivity (Wildman–Crippen MR) is 82.3 cm³/mol. The number of benzene rings is 2. The summed E-state index contributed by atoms with van der Waals surface area (Å²) in [6.45, 7) is 3.66. The Morgan fingerprint density at radius 1 is 1.19 bits per heavy atom. The van der Waals surface area contributed by atoms with E-state index in [4.69, 9.17) is 0 Å². The SMILES string of the molecule is Cc1ccc2c(c1)c(-c1ccccc1)nn2C(C)C(=O)O. The van der Waals surface area contributed by atoms with E-state index in [1.807, 2.05) is 49.4 Å². The third-order valence-corrected chi connectivity index (χ3v) is 3.63. The van der Waals surface area contributed by atoms with Gasteiger partial charge in [-0.1, -0.05) is 42.0 Å². The van der Waals surface area contributed by atoms with E-state index in [0.717, 1.165) is 27.7 Å². The highest BCUT2D eigenvalue weighted by molar-refractivity contribution is 5.94. The monoisotopic (exact) mass is 280 g/mol. The highest BCUT2D eigenvalue weighted by Crippen LogP contribution is 2.30. The Morgan fingerprint density at radius 2 is 1.90 bits per heavy atom. The maximum absolute atomic E-state index is 11.3. The first-order chi connectivity index (χ1) is 10.1. The molecule has 21 heavy (non-hydrogen) atoms. The van der Waals surface area contributed by atoms with Gasteiger partial charge in [-0.25, -0.2) is 4.79 Å². The van der Waals surface area contributed by atoms with Crippen LogP contribution in [0.3, 0.4) is 0 Å². The quantitative estimate of drug-likeness (QED) is 0.796. The lowest BCUT2D eigenvalue weighted by Crippen LogP contribution is -2.16. The molecule has 0 aliphatic heterocycles. The van der Waals surface area contributed by atoms with Crippen LogP contribution in [0.5, 0.6) is 0 Å². The smallest absolute Gasteiger partial charge is 0.328 e. The van der Waals surface area contributed by atoms with Crippen LogP contribution < -0.4 is 0 Å². The van der Waals surface area contributed by atoms with E-state index in [0.29, 0.717) is 0 Å². The highest BCUT2D eigenvalue weighted by atomic mass is 16.4. The second kappa shape index (κ2) is 5.05. The van der Waals surface area contributed by atoms with Crippen LogP contribution in [0.4, 0.5) is 0 Å². The van der Waals surface area contributed by atoms with Crippen LogP contribution in [-0.2, 0) is 4.79 Å². The maximum atomic E-state index is 11.3. The molecule has 4 nitrogen and oxygen atoms in total. The minimum absolute atomic E-state index is 0.701. The summed E-state index contributed by atoms with van der Waals surface area (Å²) >= 11 is 0. The first-order valence-electron chi connectivity index (χ1n) is 6.85. The lowest BCUT2D eigenvalue weighted by Gasteiger charge is -2.08. The highest BCUT2D eigenvalue weighted by Gasteiger charge is 2.20. The van der Waals surface area contributed by atoms with Gasteiger partial charge in [0.2, 0.25) is 0 Å². The Hall–Kier alpha value is -2.62. The van der Waals surface area contributed by atoms with Gasteiger partial charge in [0.1, 0.15) is 11.7 Å². The van der Waals surface area contributed by atoms with Gasteiger partial charge in [-0.2, -0.15) is 5.10 Å². The number of rotatable bonds is 3. The molecule has 1 heterocycles. The van der Waals surface area contributed by atoms with Crippen LogP contribution in [0.1, 0.15) is 18.5 Å². The largest absolute Gasteiger partial charge is 0.480 e. The van der Waals surface area contributed by atoms with Crippen LogP contribution >= 0.6 is 0 Å². The van der Waals surface area contributed by atoms with E-state index in [2.05, 4.69) is 11.2 Å². The van der Waals surface area contributed by atoms with Gasteiger partial charge in [0.05, 0.1) is 5.52 Å². The average Bonchev–Trinajstić information content (AvgIpc) is 2.85. The van der Waals surface area contributed by atoms with Crippen molar-refractivity contribution in [3.8, 4) is 11.3 Å². The van der Waals surface area contributed by atoms with E-state index in [1.54, 1.807) is 11.6 Å². The molecule has 1 unspecified atom stereocenters. The van der Waals surface area contributed by atoms with Gasteiger partial charge in [-0.15, -0.1) is 0 Å². The Bertz CT molecular complexity index is 806. The van der Waals surface area contributed by atoms with Crippen LogP contribution in [0.25, 0.3) is 22.2 Å². The van der Waals surface area contributed by atoms with Crippen molar-refractivity contribution in [1.82, 2.24) is 9.78 Å². The fourth-order valence-corrected chi connectivity index (χ4v) is 2.46. The first-order valence-corrected chi connectivity index (χ1v) is 6.85. The van der Waals surface area contributed by atoms with Gasteiger partial charge in [0, 0.05) is 10.9 Å². The van der Waals surface area contributed by atoms with E-state index >= 15 is 0 Å². The van der Waals surface area contributed by atoms with E-state index in [9.17, 15) is 9.90 Å². The molecule has 106 valence electrons. The van der Waals surface area contributed by atoms with Gasteiger partial charge in [-0.05, 0) is 26.0 Å². The molecule has 1 atom stereocenters. The van der Waals surface area contributed by atoms with Crippen LogP contribution in [0.2, 0.25) is 0 Å². The minimum Gasteiger partial charge on any atom is -0.480 e. The summed E-state index contributed by atoms with van der Waals surface area (Å²) < 4.78 is 1.58. The van der Waals surface area contributed by atoms with Crippen molar-refractivity contribution in [2.24, 2.45) is 0 Å². The van der Waals surface area contributed by atoms with Crippen molar-refractivity contribution in [3.63, 3.8) is 0 Å². The van der Waals surface area contributed by atoms with Gasteiger partial charge in [0.25, 0.3) is 0 Å². The third kappa shape index (κ3) is 2.29. The van der Waals surface area contributed by atoms with Crippen LogP contribution in [-0.4, -0.2) is 20.9 Å². The number of carboxylic acid groups (broad SMARTS) is 1. The fraction of sp³-hybridized carbons (Fsp3) is 0.176. The molecule has 2 aromatic carbocycles. The average molecular weight is 280 g/mol. The summed E-state index contributed by atoms with van der Waals surface area (Å²) in [4.78, 5) is 11.3. The van der Waals surface area contributed by atoms with Gasteiger partial charge in [-0.3, -0.25) is 4.68 Å². The number of fused-ring (bicyclic) bond motifs is 1. The summed E-state index contributed by atoms with van der Waals surface area (Å²) in [5, 5.41) is 14.8. The Balaban J connectivity index is 2.30. The molecule has 0 bridgehead atoms. The van der Waals surface area contributed by atoms with Crippen molar-refractivity contribution in [2.75, 3.05) is 0 Å². The molecule has 4 heteroatoms. The zero-order valence-corrected chi connectivity index (χ0v) is 11.9. The van der Waals surface area contributed by atoms with Crippen LogP contribution in [0, 0.1) is 6.92 Å². The van der Waals surface area contributed by atoms with E-state index < -0.39 is 12.0 Å². The molecule has 0 amide bonds. The van der Waals surface area contributed by atoms with Crippen molar-refractivity contribution in [1.29, 1.82) is 0 Å². The second-order valence-electron chi connectivity index (χ2n) is 5.19. The van der Waals surface area contributed by atoms with Crippen molar-refractivity contribution < 1.29 is 9.90 Å². The number of aryl methyl sites for hydroxylation is 1. The number of hydrogen-bond acceptors (Lipinski definition) is 2. The summed E-state index contributed by atoms with van der Waals surface area (Å²) in [6, 6.07) is 15.1. The van der Waals surface area contributed by atoms with Crippen molar-refractivity contribution in [2.45, 2.75) is 19.9 Å².